The van der Waals surface area contributed by atoms with E-state index in [4.69, 9.17) is 4.74 Å². The maximum absolute atomic E-state index is 13.6. The Labute approximate surface area is 178 Å². The third-order valence-electron chi connectivity index (χ3n) is 3.89. The van der Waals surface area contributed by atoms with Gasteiger partial charge >= 0.3 is 5.97 Å². The molecule has 1 N–H and O–H groups in total. The topological polar surface area (TPSA) is 68.3 Å². The first kappa shape index (κ1) is 21.3. The average molecular weight is 422 g/mol. The number of ether oxygens (including phenoxy) is 1. The van der Waals surface area contributed by atoms with Crippen LogP contribution < -0.4 is 10.1 Å². The van der Waals surface area contributed by atoms with E-state index in [9.17, 15) is 14.0 Å². The number of hydrogen-bond donors (Lipinski definition) is 1. The number of anilines is 1. The molecule has 0 bridgehead atoms. The fraction of sp³-hybridized carbons (Fsp3) is 0.0870. The zero-order chi connectivity index (χ0) is 21.3. The van der Waals surface area contributed by atoms with Crippen LogP contribution in [0.15, 0.2) is 78.0 Å². The molecule has 3 rings (SSSR count). The lowest BCUT2D eigenvalue weighted by Crippen LogP contribution is -2.07. The number of pyridine rings is 1. The Morgan fingerprint density at radius 2 is 1.93 bits per heavy atom. The van der Waals surface area contributed by atoms with Crippen LogP contribution >= 0.6 is 11.8 Å². The molecule has 1 aromatic heterocycles. The molecule has 30 heavy (non-hydrogen) atoms. The van der Waals surface area contributed by atoms with E-state index < -0.39 is 11.8 Å². The van der Waals surface area contributed by atoms with Gasteiger partial charge in [0, 0.05) is 41.7 Å². The van der Waals surface area contributed by atoms with Crippen molar-refractivity contribution in [2.24, 2.45) is 0 Å². The lowest BCUT2D eigenvalue weighted by atomic mass is 10.2. The summed E-state index contributed by atoms with van der Waals surface area (Å²) in [6.45, 7) is 1.19. The maximum Gasteiger partial charge on any atom is 0.308 e. The van der Waals surface area contributed by atoms with Gasteiger partial charge in [0.1, 0.15) is 0 Å². The second kappa shape index (κ2) is 10.4. The van der Waals surface area contributed by atoms with Crippen molar-refractivity contribution in [1.82, 2.24) is 4.98 Å². The van der Waals surface area contributed by atoms with Crippen LogP contribution in [0, 0.1) is 5.82 Å². The van der Waals surface area contributed by atoms with E-state index in [1.165, 1.54) is 42.8 Å². The number of thioether (sulfide) groups is 1. The Bertz CT molecular complexity index is 1070. The van der Waals surface area contributed by atoms with E-state index in [-0.39, 0.29) is 11.7 Å². The van der Waals surface area contributed by atoms with E-state index in [1.54, 1.807) is 30.2 Å². The first-order valence-corrected chi connectivity index (χ1v) is 10.1. The summed E-state index contributed by atoms with van der Waals surface area (Å²) >= 11 is 1.66. The number of carbonyl (C=O) groups excluding carboxylic acids is 2. The van der Waals surface area contributed by atoms with Crippen LogP contribution in [0.25, 0.3) is 6.08 Å². The number of aromatic nitrogens is 1. The van der Waals surface area contributed by atoms with Gasteiger partial charge in [-0.2, -0.15) is 0 Å². The fourth-order valence-corrected chi connectivity index (χ4v) is 3.43. The summed E-state index contributed by atoms with van der Waals surface area (Å²) in [5.74, 6) is -0.967. The number of benzene rings is 2. The van der Waals surface area contributed by atoms with Crippen molar-refractivity contribution in [3.8, 4) is 5.75 Å². The molecule has 5 nitrogen and oxygen atoms in total. The Kier molecular flexibility index (Phi) is 7.34. The highest BCUT2D eigenvalue weighted by molar-refractivity contribution is 7.98. The van der Waals surface area contributed by atoms with Crippen LogP contribution in [0.2, 0.25) is 0 Å². The number of nitrogens with zero attached hydrogens (tertiary/aromatic N) is 1. The summed E-state index contributed by atoms with van der Waals surface area (Å²) in [6.07, 6.45) is 6.37. The predicted molar refractivity (Wildman–Crippen MR) is 116 cm³/mol. The summed E-state index contributed by atoms with van der Waals surface area (Å²) in [4.78, 5) is 28.3. The number of carbonyl (C=O) groups is 2. The molecule has 3 aromatic rings. The Hall–Kier alpha value is -3.45. The van der Waals surface area contributed by atoms with Crippen molar-refractivity contribution in [3.63, 3.8) is 0 Å². The molecule has 0 radical (unpaired) electrons. The van der Waals surface area contributed by atoms with E-state index in [0.29, 0.717) is 11.3 Å². The molecule has 0 aliphatic carbocycles. The molecule has 7 heteroatoms. The lowest BCUT2D eigenvalue weighted by Gasteiger charge is -2.06. The van der Waals surface area contributed by atoms with Crippen molar-refractivity contribution in [3.05, 3.63) is 90.0 Å². The lowest BCUT2D eigenvalue weighted by molar-refractivity contribution is -0.132. The first-order valence-electron chi connectivity index (χ1n) is 9.08. The van der Waals surface area contributed by atoms with Gasteiger partial charge in [0.25, 0.3) is 0 Å². The molecule has 0 saturated carbocycles. The highest BCUT2D eigenvalue weighted by Gasteiger charge is 2.07. The van der Waals surface area contributed by atoms with Gasteiger partial charge in [0.15, 0.2) is 11.6 Å². The number of rotatable bonds is 7. The van der Waals surface area contributed by atoms with Gasteiger partial charge in [-0.3, -0.25) is 14.6 Å². The highest BCUT2D eigenvalue weighted by Crippen LogP contribution is 2.25. The third kappa shape index (κ3) is 6.56. The molecular formula is C23H19FN2O3S. The zero-order valence-corrected chi connectivity index (χ0v) is 17.0. The molecule has 152 valence electrons. The molecule has 0 aliphatic heterocycles. The summed E-state index contributed by atoms with van der Waals surface area (Å²) in [5.41, 5.74) is 2.37. The molecule has 0 atom stereocenters. The van der Waals surface area contributed by atoms with Crippen molar-refractivity contribution in [1.29, 1.82) is 0 Å². The number of hydrogen-bond acceptors (Lipinski definition) is 5. The Morgan fingerprint density at radius 3 is 2.70 bits per heavy atom. The minimum atomic E-state index is -0.645. The van der Waals surface area contributed by atoms with Crippen LogP contribution in [0.3, 0.4) is 0 Å². The largest absolute Gasteiger partial charge is 0.424 e. The second-order valence-corrected chi connectivity index (χ2v) is 7.33. The number of nitrogens with one attached hydrogen (secondary N) is 1. The minimum Gasteiger partial charge on any atom is -0.424 e. The standard InChI is InChI=1S/C23H19FN2O3S/c1-16(27)29-22-13-17(5-7-21(22)24)6-8-23(28)26-19-3-2-4-20(14-19)30-15-18-9-11-25-12-10-18/h2-14H,15H2,1H3,(H,26,28)/b8-6+. The maximum atomic E-state index is 13.6. The summed E-state index contributed by atoms with van der Waals surface area (Å²) in [7, 11) is 0. The summed E-state index contributed by atoms with van der Waals surface area (Å²) < 4.78 is 18.4. The monoisotopic (exact) mass is 422 g/mol. The van der Waals surface area contributed by atoms with Gasteiger partial charge in [0.2, 0.25) is 5.91 Å². The number of halogens is 1. The van der Waals surface area contributed by atoms with Gasteiger partial charge in [0.05, 0.1) is 0 Å². The van der Waals surface area contributed by atoms with Gasteiger partial charge in [-0.1, -0.05) is 12.1 Å². The first-order chi connectivity index (χ1) is 14.5. The normalized spacial score (nSPS) is 10.7. The third-order valence-corrected chi connectivity index (χ3v) is 4.96. The molecule has 0 fully saturated rings. The Balaban J connectivity index is 1.60. The SMILES string of the molecule is CC(=O)Oc1cc(/C=C/C(=O)Nc2cccc(SCc3ccncc3)c2)ccc1F. The van der Waals surface area contributed by atoms with Crippen LogP contribution in [0.4, 0.5) is 10.1 Å². The molecule has 0 spiro atoms. The van der Waals surface area contributed by atoms with Crippen molar-refractivity contribution >= 4 is 35.4 Å². The van der Waals surface area contributed by atoms with Crippen LogP contribution in [-0.4, -0.2) is 16.9 Å². The van der Waals surface area contributed by atoms with Gasteiger partial charge in [-0.15, -0.1) is 11.8 Å². The fourth-order valence-electron chi connectivity index (χ4n) is 2.52. The number of amides is 1. The van der Waals surface area contributed by atoms with Gasteiger partial charge in [-0.05, 0) is 59.7 Å². The molecule has 0 unspecified atom stereocenters. The molecule has 1 amide bonds. The smallest absolute Gasteiger partial charge is 0.308 e. The zero-order valence-electron chi connectivity index (χ0n) is 16.2. The summed E-state index contributed by atoms with van der Waals surface area (Å²) in [5, 5.41) is 2.80. The number of esters is 1. The molecule has 2 aromatic carbocycles. The Morgan fingerprint density at radius 1 is 1.13 bits per heavy atom. The van der Waals surface area contributed by atoms with Crippen LogP contribution in [-0.2, 0) is 15.3 Å². The van der Waals surface area contributed by atoms with Gasteiger partial charge in [-0.25, -0.2) is 4.39 Å². The highest BCUT2D eigenvalue weighted by atomic mass is 32.2. The van der Waals surface area contributed by atoms with E-state index >= 15 is 0 Å². The van der Waals surface area contributed by atoms with Crippen molar-refractivity contribution < 1.29 is 18.7 Å². The predicted octanol–water partition coefficient (Wildman–Crippen LogP) is 5.09. The van der Waals surface area contributed by atoms with E-state index in [2.05, 4.69) is 10.3 Å². The van der Waals surface area contributed by atoms with E-state index in [0.717, 1.165) is 10.6 Å². The second-order valence-electron chi connectivity index (χ2n) is 6.28. The summed E-state index contributed by atoms with van der Waals surface area (Å²) in [6, 6.07) is 15.5. The molecule has 0 saturated heterocycles. The van der Waals surface area contributed by atoms with Crippen molar-refractivity contribution in [2.75, 3.05) is 5.32 Å². The quantitative estimate of drug-likeness (QED) is 0.249. The van der Waals surface area contributed by atoms with Crippen LogP contribution in [0.5, 0.6) is 5.75 Å². The molecule has 0 aliphatic rings. The van der Waals surface area contributed by atoms with Crippen molar-refractivity contribution in [2.45, 2.75) is 17.6 Å². The average Bonchev–Trinajstić information content (AvgIpc) is 2.73. The molecule has 1 heterocycles. The van der Waals surface area contributed by atoms with Gasteiger partial charge < -0.3 is 10.1 Å². The minimum absolute atomic E-state index is 0.177. The van der Waals surface area contributed by atoms with Crippen LogP contribution in [0.1, 0.15) is 18.1 Å². The van der Waals surface area contributed by atoms with E-state index in [1.807, 2.05) is 30.3 Å². The molecular weight excluding hydrogens is 403 g/mol.